The molecular weight excluding hydrogens is 797 g/mol. The molecule has 11 heteroatoms. The Morgan fingerprint density at radius 3 is 2.19 bits per heavy atom. The van der Waals surface area contributed by atoms with Crippen molar-refractivity contribution in [2.24, 2.45) is 17.3 Å². The van der Waals surface area contributed by atoms with Crippen molar-refractivity contribution in [3.05, 3.63) is 154 Å². The summed E-state index contributed by atoms with van der Waals surface area (Å²) < 4.78 is 18.3. The normalized spacial score (nSPS) is 25.9. The number of carbonyl (C=O) groups is 3. The van der Waals surface area contributed by atoms with Gasteiger partial charge in [0.2, 0.25) is 0 Å². The van der Waals surface area contributed by atoms with Gasteiger partial charge in [0.15, 0.2) is 0 Å². The number of nitrogens with zero attached hydrogens (tertiary/aromatic N) is 4. The molecule has 4 aromatic rings. The van der Waals surface area contributed by atoms with Crippen molar-refractivity contribution >= 4 is 29.2 Å². The number of unbranched alkanes of at least 4 members (excludes halogenated alkanes) is 1. The summed E-state index contributed by atoms with van der Waals surface area (Å²) in [6.07, 6.45) is 26.1. The second-order valence-electron chi connectivity index (χ2n) is 17.5. The van der Waals surface area contributed by atoms with Crippen molar-refractivity contribution in [1.29, 1.82) is 0 Å². The van der Waals surface area contributed by atoms with Gasteiger partial charge in [-0.25, -0.2) is 34.3 Å². The number of carbonyl (C=O) groups excluding carboxylic acids is 3. The van der Waals surface area contributed by atoms with Gasteiger partial charge in [-0.05, 0) is 135 Å². The molecule has 4 aliphatic rings. The highest BCUT2D eigenvalue weighted by molar-refractivity contribution is 7.11. The lowest BCUT2D eigenvalue weighted by Crippen LogP contribution is -2.34. The fourth-order valence-corrected chi connectivity index (χ4v) is 11.1. The van der Waals surface area contributed by atoms with Gasteiger partial charge in [-0.15, -0.1) is 11.3 Å². The minimum absolute atomic E-state index is 0.110. The molecule has 322 valence electrons. The van der Waals surface area contributed by atoms with Crippen molar-refractivity contribution in [2.45, 2.75) is 121 Å². The Morgan fingerprint density at radius 2 is 1.55 bits per heavy atom. The minimum Gasteiger partial charge on any atom is -0.457 e. The molecule has 6 unspecified atom stereocenters. The topological polar surface area (TPSA) is 130 Å². The zero-order valence-electron chi connectivity index (χ0n) is 35.7. The maximum Gasteiger partial charge on any atom is 0.357 e. The van der Waals surface area contributed by atoms with Gasteiger partial charge in [-0.1, -0.05) is 68.8 Å². The van der Waals surface area contributed by atoms with Crippen LogP contribution >= 0.6 is 11.3 Å². The van der Waals surface area contributed by atoms with Gasteiger partial charge in [0.05, 0.1) is 5.41 Å². The maximum atomic E-state index is 13.4. The van der Waals surface area contributed by atoms with Crippen LogP contribution in [0.1, 0.15) is 132 Å². The van der Waals surface area contributed by atoms with Crippen LogP contribution in [0.4, 0.5) is 0 Å². The van der Waals surface area contributed by atoms with E-state index in [-0.39, 0.29) is 28.6 Å². The Hall–Kier alpha value is -5.55. The SMILES string of the molecule is C=C1/C(=C\C=C2/CCCC3(C)C(C/C=C/C(OC(=O)c4ccccn4)C4(c5ncc(CCCC)s5)CC4)CCC23)CC(OC(=O)c2ccccn2)CC1OC(=O)c1ccccn1. The molecule has 4 aromatic heterocycles. The highest BCUT2D eigenvalue weighted by atomic mass is 32.1. The molecule has 4 aliphatic carbocycles. The summed E-state index contributed by atoms with van der Waals surface area (Å²) in [6.45, 7) is 9.05. The molecule has 10 nitrogen and oxygen atoms in total. The average Bonchev–Trinajstić information content (AvgIpc) is 3.84. The number of aromatic nitrogens is 4. The van der Waals surface area contributed by atoms with Gasteiger partial charge in [0.25, 0.3) is 0 Å². The van der Waals surface area contributed by atoms with Crippen molar-refractivity contribution in [1.82, 2.24) is 19.9 Å². The van der Waals surface area contributed by atoms with E-state index in [1.54, 1.807) is 78.5 Å². The number of fused-ring (bicyclic) bond motifs is 1. The predicted octanol–water partition coefficient (Wildman–Crippen LogP) is 10.7. The predicted molar refractivity (Wildman–Crippen MR) is 238 cm³/mol. The molecule has 6 atom stereocenters. The highest BCUT2D eigenvalue weighted by Gasteiger charge is 2.55. The van der Waals surface area contributed by atoms with E-state index in [1.165, 1.54) is 10.5 Å². The van der Waals surface area contributed by atoms with Crippen LogP contribution < -0.4 is 0 Å². The lowest BCUT2D eigenvalue weighted by atomic mass is 9.63. The molecule has 0 saturated heterocycles. The number of pyridine rings is 3. The van der Waals surface area contributed by atoms with Gasteiger partial charge in [0.1, 0.15) is 40.4 Å². The minimum atomic E-state index is -0.691. The van der Waals surface area contributed by atoms with E-state index in [2.05, 4.69) is 59.7 Å². The number of rotatable bonds is 15. The van der Waals surface area contributed by atoms with E-state index in [0.29, 0.717) is 29.5 Å². The third kappa shape index (κ3) is 9.58. The molecule has 4 saturated carbocycles. The number of ether oxygens (including phenoxy) is 3. The Morgan fingerprint density at radius 1 is 0.871 bits per heavy atom. The molecule has 4 fully saturated rings. The molecular formula is C51H56N4O6S. The molecule has 0 N–H and O–H groups in total. The van der Waals surface area contributed by atoms with Crippen molar-refractivity contribution in [3.63, 3.8) is 0 Å². The molecule has 0 amide bonds. The van der Waals surface area contributed by atoms with Crippen LogP contribution in [0.2, 0.25) is 0 Å². The molecule has 0 spiro atoms. The average molecular weight is 853 g/mol. The second kappa shape index (κ2) is 19.2. The third-order valence-corrected chi connectivity index (χ3v) is 14.9. The van der Waals surface area contributed by atoms with Gasteiger partial charge in [-0.3, -0.25) is 0 Å². The molecule has 8 rings (SSSR count). The molecule has 62 heavy (non-hydrogen) atoms. The van der Waals surface area contributed by atoms with Gasteiger partial charge < -0.3 is 14.2 Å². The van der Waals surface area contributed by atoms with Crippen LogP contribution in [0.5, 0.6) is 0 Å². The van der Waals surface area contributed by atoms with E-state index < -0.39 is 36.2 Å². The van der Waals surface area contributed by atoms with Crippen molar-refractivity contribution in [2.75, 3.05) is 0 Å². The summed E-state index contributed by atoms with van der Waals surface area (Å²) in [5, 5.41) is 1.06. The van der Waals surface area contributed by atoms with Crippen LogP contribution in [0.15, 0.2) is 127 Å². The second-order valence-corrected chi connectivity index (χ2v) is 18.6. The summed E-state index contributed by atoms with van der Waals surface area (Å²) in [5.41, 5.74) is 3.56. The Labute approximate surface area is 368 Å². The van der Waals surface area contributed by atoms with Crippen LogP contribution in [-0.2, 0) is 26.0 Å². The molecule has 0 radical (unpaired) electrons. The van der Waals surface area contributed by atoms with Crippen LogP contribution in [-0.4, -0.2) is 56.2 Å². The van der Waals surface area contributed by atoms with Gasteiger partial charge in [0, 0.05) is 42.5 Å². The first-order valence-electron chi connectivity index (χ1n) is 22.2. The molecule has 0 aliphatic heterocycles. The fourth-order valence-electron chi connectivity index (χ4n) is 9.86. The smallest absolute Gasteiger partial charge is 0.357 e. The van der Waals surface area contributed by atoms with Gasteiger partial charge >= 0.3 is 17.9 Å². The monoisotopic (exact) mass is 852 g/mol. The largest absolute Gasteiger partial charge is 0.457 e. The van der Waals surface area contributed by atoms with Crippen LogP contribution in [0.3, 0.4) is 0 Å². The number of esters is 3. The number of thiazole rings is 1. The zero-order valence-corrected chi connectivity index (χ0v) is 36.6. The first-order valence-corrected chi connectivity index (χ1v) is 23.0. The van der Waals surface area contributed by atoms with Gasteiger partial charge in [-0.2, -0.15) is 0 Å². The van der Waals surface area contributed by atoms with Crippen LogP contribution in [0, 0.1) is 17.3 Å². The molecule has 4 heterocycles. The Balaban J connectivity index is 0.989. The summed E-state index contributed by atoms with van der Waals surface area (Å²) >= 11 is 1.77. The number of allylic oxidation sites excluding steroid dienone is 4. The van der Waals surface area contributed by atoms with E-state index in [4.69, 9.17) is 19.2 Å². The van der Waals surface area contributed by atoms with E-state index in [1.807, 2.05) is 12.3 Å². The standard InChI is InChI=1S/C51H56N4O6S/c1-4-5-16-39-33-55-49(62-39)51(26-27-51)45(61-48(58)43-19-8-11-30-54-43)20-12-15-37-23-24-40-35(14-13-25-50(37,40)3)21-22-36-31-38(59-46(56)41-17-6-9-28-52-41)32-44(34(36)2)60-47(57)42-18-7-10-29-53-42/h6-12,17-22,28-30,33,37-38,40,44-45H,2,4-5,13-16,23-27,31-32H2,1,3H3/b20-12+,35-21+,36-22-. The van der Waals surface area contributed by atoms with E-state index in [9.17, 15) is 14.4 Å². The number of hydrogen-bond donors (Lipinski definition) is 0. The number of hydrogen-bond acceptors (Lipinski definition) is 11. The van der Waals surface area contributed by atoms with Crippen LogP contribution in [0.25, 0.3) is 0 Å². The Kier molecular flexibility index (Phi) is 13.4. The number of aryl methyl sites for hydroxylation is 1. The maximum absolute atomic E-state index is 13.4. The first-order chi connectivity index (χ1) is 30.2. The first kappa shape index (κ1) is 43.1. The Bertz CT molecular complexity index is 2320. The third-order valence-electron chi connectivity index (χ3n) is 13.6. The molecule has 0 aromatic carbocycles. The van der Waals surface area contributed by atoms with Crippen molar-refractivity contribution in [3.8, 4) is 0 Å². The highest BCUT2D eigenvalue weighted by Crippen LogP contribution is 2.59. The lowest BCUT2D eigenvalue weighted by molar-refractivity contribution is 0.00146. The van der Waals surface area contributed by atoms with E-state index in [0.717, 1.165) is 81.2 Å². The summed E-state index contributed by atoms with van der Waals surface area (Å²) in [6, 6.07) is 15.5. The quantitative estimate of drug-likeness (QED) is 0.0647. The zero-order chi connectivity index (χ0) is 43.1. The van der Waals surface area contributed by atoms with E-state index >= 15 is 0 Å². The lowest BCUT2D eigenvalue weighted by Gasteiger charge is -2.42. The fraction of sp³-hybridized carbons (Fsp3) is 0.431. The summed E-state index contributed by atoms with van der Waals surface area (Å²) in [7, 11) is 0. The molecule has 0 bridgehead atoms. The summed E-state index contributed by atoms with van der Waals surface area (Å²) in [4.78, 5) is 58.5. The summed E-state index contributed by atoms with van der Waals surface area (Å²) in [5.74, 6) is -0.588. The van der Waals surface area contributed by atoms with Crippen molar-refractivity contribution < 1.29 is 28.6 Å².